The molecule has 1 unspecified atom stereocenters. The molecule has 1 heterocycles. The van der Waals surface area contributed by atoms with E-state index in [1.165, 1.54) is 19.3 Å². The number of benzene rings is 1. The summed E-state index contributed by atoms with van der Waals surface area (Å²) in [5, 5.41) is 9.51. The Kier molecular flexibility index (Phi) is 4.80. The molecule has 3 nitrogen and oxygen atoms in total. The second-order valence-electron chi connectivity index (χ2n) is 6.07. The summed E-state index contributed by atoms with van der Waals surface area (Å²) >= 11 is 0. The van der Waals surface area contributed by atoms with Gasteiger partial charge in [0.25, 0.3) is 0 Å². The van der Waals surface area contributed by atoms with Crippen molar-refractivity contribution in [2.75, 3.05) is 6.54 Å². The van der Waals surface area contributed by atoms with Crippen LogP contribution >= 0.6 is 0 Å². The van der Waals surface area contributed by atoms with Crippen molar-refractivity contribution in [3.8, 4) is 6.07 Å². The van der Waals surface area contributed by atoms with Gasteiger partial charge in [-0.3, -0.25) is 4.90 Å². The van der Waals surface area contributed by atoms with Crippen molar-refractivity contribution in [2.24, 2.45) is 5.73 Å². The highest BCUT2D eigenvalue weighted by atomic mass is 15.2. The molecule has 0 aromatic heterocycles. The maximum Gasteiger partial charge on any atom is 0.131 e. The Morgan fingerprint density at radius 3 is 2.40 bits per heavy atom. The molecule has 2 N–H and O–H groups in total. The fraction of sp³-hybridized carbons (Fsp3) is 0.588. The largest absolute Gasteiger partial charge is 0.310 e. The third kappa shape index (κ3) is 3.20. The number of nitrogens with zero attached hydrogens (tertiary/aromatic N) is 2. The molecule has 3 atom stereocenters. The van der Waals surface area contributed by atoms with Crippen LogP contribution < -0.4 is 5.73 Å². The highest BCUT2D eigenvalue weighted by molar-refractivity contribution is 5.30. The Labute approximate surface area is 122 Å². The first-order valence-electron chi connectivity index (χ1n) is 7.58. The van der Waals surface area contributed by atoms with Crippen LogP contribution in [0.15, 0.2) is 30.3 Å². The van der Waals surface area contributed by atoms with Crippen molar-refractivity contribution in [1.82, 2.24) is 4.90 Å². The van der Waals surface area contributed by atoms with E-state index in [4.69, 9.17) is 5.73 Å². The Hall–Kier alpha value is -1.37. The molecule has 1 fully saturated rings. The fourth-order valence-corrected chi connectivity index (χ4v) is 3.22. The van der Waals surface area contributed by atoms with E-state index in [0.29, 0.717) is 18.5 Å². The minimum Gasteiger partial charge on any atom is -0.310 e. The van der Waals surface area contributed by atoms with Gasteiger partial charge in [0.05, 0.1) is 6.07 Å². The molecule has 0 aliphatic carbocycles. The summed E-state index contributed by atoms with van der Waals surface area (Å²) in [6.07, 6.45) is 4.49. The highest BCUT2D eigenvalue weighted by Gasteiger charge is 2.31. The van der Waals surface area contributed by atoms with Gasteiger partial charge in [0.2, 0.25) is 0 Å². The van der Waals surface area contributed by atoms with Gasteiger partial charge < -0.3 is 5.73 Å². The molecule has 0 radical (unpaired) electrons. The van der Waals surface area contributed by atoms with Crippen LogP contribution in [0.3, 0.4) is 0 Å². The van der Waals surface area contributed by atoms with Crippen molar-refractivity contribution >= 4 is 0 Å². The van der Waals surface area contributed by atoms with Gasteiger partial charge >= 0.3 is 0 Å². The molecular weight excluding hydrogens is 246 g/mol. The number of rotatable bonds is 4. The minimum absolute atomic E-state index is 0.595. The lowest BCUT2D eigenvalue weighted by Gasteiger charge is -2.40. The maximum absolute atomic E-state index is 9.51. The molecule has 1 aromatic rings. The molecule has 3 heteroatoms. The van der Waals surface area contributed by atoms with Crippen LogP contribution in [0.1, 0.15) is 45.1 Å². The van der Waals surface area contributed by atoms with E-state index in [1.54, 1.807) is 0 Å². The molecular formula is C17H25N3. The van der Waals surface area contributed by atoms with E-state index < -0.39 is 5.54 Å². The average Bonchev–Trinajstić information content (AvgIpc) is 2.47. The zero-order chi connectivity index (χ0) is 14.6. The quantitative estimate of drug-likeness (QED) is 0.916. The SMILES string of the molecule is C[C@@H]1CCC[C@H](C)N1CCC(N)(C#N)c1ccccc1. The lowest BCUT2D eigenvalue weighted by Crippen LogP contribution is -2.47. The molecule has 1 aromatic carbocycles. The van der Waals surface area contributed by atoms with Gasteiger partial charge in [-0.2, -0.15) is 5.26 Å². The second-order valence-corrected chi connectivity index (χ2v) is 6.07. The highest BCUT2D eigenvalue weighted by Crippen LogP contribution is 2.26. The van der Waals surface area contributed by atoms with Crippen molar-refractivity contribution in [2.45, 2.75) is 57.2 Å². The smallest absolute Gasteiger partial charge is 0.131 e. The Morgan fingerprint density at radius 2 is 1.85 bits per heavy atom. The van der Waals surface area contributed by atoms with Gasteiger partial charge in [-0.15, -0.1) is 0 Å². The van der Waals surface area contributed by atoms with E-state index in [2.05, 4.69) is 24.8 Å². The van der Waals surface area contributed by atoms with Crippen molar-refractivity contribution in [1.29, 1.82) is 5.26 Å². The van der Waals surface area contributed by atoms with E-state index in [1.807, 2.05) is 30.3 Å². The maximum atomic E-state index is 9.51. The van der Waals surface area contributed by atoms with Crippen molar-refractivity contribution in [3.63, 3.8) is 0 Å². The van der Waals surface area contributed by atoms with E-state index in [9.17, 15) is 5.26 Å². The lowest BCUT2D eigenvalue weighted by molar-refractivity contribution is 0.0964. The molecule has 20 heavy (non-hydrogen) atoms. The van der Waals surface area contributed by atoms with Gasteiger partial charge in [0.1, 0.15) is 5.54 Å². The lowest BCUT2D eigenvalue weighted by atomic mass is 9.88. The summed E-state index contributed by atoms with van der Waals surface area (Å²) in [6, 6.07) is 13.3. The van der Waals surface area contributed by atoms with Crippen LogP contribution in [0.2, 0.25) is 0 Å². The summed E-state index contributed by atoms with van der Waals surface area (Å²) in [6.45, 7) is 5.45. The predicted octanol–water partition coefficient (Wildman–Crippen LogP) is 3.02. The first kappa shape index (κ1) is 15.0. The average molecular weight is 271 g/mol. The summed E-state index contributed by atoms with van der Waals surface area (Å²) in [7, 11) is 0. The molecule has 1 aliphatic heterocycles. The molecule has 0 amide bonds. The van der Waals surface area contributed by atoms with Crippen molar-refractivity contribution in [3.05, 3.63) is 35.9 Å². The second kappa shape index (κ2) is 6.39. The zero-order valence-electron chi connectivity index (χ0n) is 12.5. The first-order chi connectivity index (χ1) is 9.57. The Balaban J connectivity index is 2.06. The molecule has 0 spiro atoms. The predicted molar refractivity (Wildman–Crippen MR) is 82.0 cm³/mol. The van der Waals surface area contributed by atoms with Gasteiger partial charge in [-0.25, -0.2) is 0 Å². The third-order valence-electron chi connectivity index (χ3n) is 4.63. The number of piperidine rings is 1. The number of nitriles is 1. The molecule has 1 aliphatic rings. The van der Waals surface area contributed by atoms with E-state index in [-0.39, 0.29) is 0 Å². The molecule has 0 bridgehead atoms. The van der Waals surface area contributed by atoms with E-state index >= 15 is 0 Å². The summed E-state index contributed by atoms with van der Waals surface area (Å²) in [5.74, 6) is 0. The van der Waals surface area contributed by atoms with Crippen LogP contribution in [-0.2, 0) is 5.54 Å². The molecule has 2 rings (SSSR count). The van der Waals surface area contributed by atoms with Crippen LogP contribution in [0.4, 0.5) is 0 Å². The number of hydrogen-bond acceptors (Lipinski definition) is 3. The zero-order valence-corrected chi connectivity index (χ0v) is 12.5. The van der Waals surface area contributed by atoms with E-state index in [0.717, 1.165) is 12.1 Å². The van der Waals surface area contributed by atoms with Crippen LogP contribution in [-0.4, -0.2) is 23.5 Å². The first-order valence-corrected chi connectivity index (χ1v) is 7.58. The van der Waals surface area contributed by atoms with Gasteiger partial charge in [-0.05, 0) is 38.7 Å². The molecule has 1 saturated heterocycles. The topological polar surface area (TPSA) is 53.0 Å². The molecule has 108 valence electrons. The summed E-state index contributed by atoms with van der Waals surface area (Å²) < 4.78 is 0. The van der Waals surface area contributed by atoms with Crippen LogP contribution in [0.5, 0.6) is 0 Å². The Morgan fingerprint density at radius 1 is 1.25 bits per heavy atom. The number of hydrogen-bond donors (Lipinski definition) is 1. The summed E-state index contributed by atoms with van der Waals surface area (Å²) in [5.41, 5.74) is 6.38. The Bertz CT molecular complexity index is 455. The van der Waals surface area contributed by atoms with Crippen LogP contribution in [0, 0.1) is 11.3 Å². The van der Waals surface area contributed by atoms with Crippen LogP contribution in [0.25, 0.3) is 0 Å². The van der Waals surface area contributed by atoms with Gasteiger partial charge in [0, 0.05) is 18.6 Å². The van der Waals surface area contributed by atoms with Gasteiger partial charge in [-0.1, -0.05) is 36.8 Å². The number of nitrogens with two attached hydrogens (primary N) is 1. The normalized spacial score (nSPS) is 26.7. The molecule has 0 saturated carbocycles. The van der Waals surface area contributed by atoms with Crippen molar-refractivity contribution < 1.29 is 0 Å². The minimum atomic E-state index is -0.877. The monoisotopic (exact) mass is 271 g/mol. The van der Waals surface area contributed by atoms with Gasteiger partial charge in [0.15, 0.2) is 0 Å². The fourth-order valence-electron chi connectivity index (χ4n) is 3.22. The number of likely N-dealkylation sites (tertiary alicyclic amines) is 1. The summed E-state index contributed by atoms with van der Waals surface area (Å²) in [4.78, 5) is 2.51. The standard InChI is InChI=1S/C17H25N3/c1-14-7-6-8-15(2)20(14)12-11-17(19,13-18)16-9-4-3-5-10-16/h3-5,9-10,14-15H,6-8,11-12,19H2,1-2H3/t14-,15+,17?. The third-order valence-corrected chi connectivity index (χ3v) is 4.63.